The van der Waals surface area contributed by atoms with Gasteiger partial charge in [0.15, 0.2) is 0 Å². The number of fused-ring (bicyclic) bond motifs is 1. The Labute approximate surface area is 184 Å². The van der Waals surface area contributed by atoms with E-state index in [4.69, 9.17) is 9.26 Å². The summed E-state index contributed by atoms with van der Waals surface area (Å²) in [7, 11) is -3.15. The number of carbonyl (C=O) groups is 1. The number of aromatic nitrogens is 2. The fourth-order valence-corrected chi connectivity index (χ4v) is 4.04. The SMILES string of the molecule is Cc1onc(-c2ccc(F)cc2)c1COc1ccc2c(n1)CCN(CCS(C)(=O)=O)C2=O. The van der Waals surface area contributed by atoms with Crippen LogP contribution in [-0.4, -0.2) is 54.5 Å². The second-order valence-corrected chi connectivity index (χ2v) is 9.94. The molecule has 0 aliphatic carbocycles. The molecule has 0 radical (unpaired) electrons. The zero-order valence-electron chi connectivity index (χ0n) is 17.7. The Hall–Kier alpha value is -3.27. The van der Waals surface area contributed by atoms with E-state index in [9.17, 15) is 17.6 Å². The van der Waals surface area contributed by atoms with Crippen LogP contribution in [-0.2, 0) is 22.9 Å². The molecule has 32 heavy (non-hydrogen) atoms. The molecule has 3 aromatic rings. The van der Waals surface area contributed by atoms with Gasteiger partial charge < -0.3 is 14.2 Å². The van der Waals surface area contributed by atoms with Crippen LogP contribution in [0.4, 0.5) is 4.39 Å². The summed E-state index contributed by atoms with van der Waals surface area (Å²) in [6.45, 7) is 2.47. The van der Waals surface area contributed by atoms with E-state index in [-0.39, 0.29) is 30.6 Å². The first-order chi connectivity index (χ1) is 15.2. The van der Waals surface area contributed by atoms with Crippen molar-refractivity contribution in [1.29, 1.82) is 0 Å². The number of amides is 1. The molecule has 0 spiro atoms. The summed E-state index contributed by atoms with van der Waals surface area (Å²) in [6.07, 6.45) is 1.66. The number of rotatable bonds is 7. The van der Waals surface area contributed by atoms with Gasteiger partial charge in [-0.2, -0.15) is 0 Å². The topological polar surface area (TPSA) is 103 Å². The van der Waals surface area contributed by atoms with Crippen molar-refractivity contribution >= 4 is 15.7 Å². The van der Waals surface area contributed by atoms with Crippen molar-refractivity contribution in [1.82, 2.24) is 15.0 Å². The van der Waals surface area contributed by atoms with Crippen LogP contribution in [0.25, 0.3) is 11.3 Å². The van der Waals surface area contributed by atoms with Gasteiger partial charge in [0.2, 0.25) is 5.88 Å². The summed E-state index contributed by atoms with van der Waals surface area (Å²) < 4.78 is 47.2. The molecule has 4 rings (SSSR count). The van der Waals surface area contributed by atoms with Gasteiger partial charge in [0, 0.05) is 37.4 Å². The van der Waals surface area contributed by atoms with Crippen LogP contribution < -0.4 is 4.74 Å². The van der Waals surface area contributed by atoms with Crippen molar-refractivity contribution in [3.05, 3.63) is 64.8 Å². The van der Waals surface area contributed by atoms with Gasteiger partial charge in [-0.15, -0.1) is 0 Å². The lowest BCUT2D eigenvalue weighted by Gasteiger charge is -2.27. The third-order valence-corrected chi connectivity index (χ3v) is 6.21. The average molecular weight is 459 g/mol. The number of ether oxygens (including phenoxy) is 1. The third-order valence-electron chi connectivity index (χ3n) is 5.28. The molecule has 1 aliphatic heterocycles. The second kappa shape index (κ2) is 8.70. The monoisotopic (exact) mass is 459 g/mol. The van der Waals surface area contributed by atoms with Crippen LogP contribution in [0.2, 0.25) is 0 Å². The molecule has 3 heterocycles. The Morgan fingerprint density at radius 2 is 1.94 bits per heavy atom. The molecule has 1 aromatic carbocycles. The Balaban J connectivity index is 1.47. The number of nitrogens with zero attached hydrogens (tertiary/aromatic N) is 3. The molecule has 0 unspecified atom stereocenters. The molecule has 10 heteroatoms. The van der Waals surface area contributed by atoms with Gasteiger partial charge in [0.1, 0.15) is 33.7 Å². The molecule has 0 N–H and O–H groups in total. The quantitative estimate of drug-likeness (QED) is 0.535. The maximum atomic E-state index is 13.2. The van der Waals surface area contributed by atoms with Crippen molar-refractivity contribution in [2.24, 2.45) is 0 Å². The van der Waals surface area contributed by atoms with E-state index in [1.807, 2.05) is 0 Å². The Kier molecular flexibility index (Phi) is 5.96. The normalized spacial score (nSPS) is 13.8. The van der Waals surface area contributed by atoms with E-state index < -0.39 is 9.84 Å². The molecular weight excluding hydrogens is 437 g/mol. The maximum Gasteiger partial charge on any atom is 0.255 e. The summed E-state index contributed by atoms with van der Waals surface area (Å²) in [5.74, 6) is 0.291. The molecule has 0 fully saturated rings. The summed E-state index contributed by atoms with van der Waals surface area (Å²) in [5.41, 5.74) is 3.06. The number of aryl methyl sites for hydroxylation is 1. The molecule has 0 saturated heterocycles. The number of hydrogen-bond acceptors (Lipinski definition) is 7. The van der Waals surface area contributed by atoms with Gasteiger partial charge in [-0.05, 0) is 37.3 Å². The number of carbonyl (C=O) groups excluding carboxylic acids is 1. The zero-order valence-corrected chi connectivity index (χ0v) is 18.5. The minimum atomic E-state index is -3.15. The second-order valence-electron chi connectivity index (χ2n) is 7.68. The van der Waals surface area contributed by atoms with Crippen molar-refractivity contribution in [2.45, 2.75) is 20.0 Å². The van der Waals surface area contributed by atoms with Crippen LogP contribution in [0.3, 0.4) is 0 Å². The van der Waals surface area contributed by atoms with Crippen molar-refractivity contribution < 1.29 is 26.9 Å². The van der Waals surface area contributed by atoms with Gasteiger partial charge in [-0.1, -0.05) is 5.16 Å². The summed E-state index contributed by atoms with van der Waals surface area (Å²) >= 11 is 0. The smallest absolute Gasteiger partial charge is 0.255 e. The Morgan fingerprint density at radius 3 is 2.66 bits per heavy atom. The number of halogens is 1. The van der Waals surface area contributed by atoms with Crippen LogP contribution in [0.15, 0.2) is 40.9 Å². The van der Waals surface area contributed by atoms with Crippen molar-refractivity contribution in [2.75, 3.05) is 25.1 Å². The van der Waals surface area contributed by atoms with E-state index in [1.165, 1.54) is 17.0 Å². The molecular formula is C22H22FN3O5S. The first-order valence-corrected chi connectivity index (χ1v) is 12.1. The number of pyridine rings is 1. The highest BCUT2D eigenvalue weighted by atomic mass is 32.2. The minimum absolute atomic E-state index is 0.0722. The lowest BCUT2D eigenvalue weighted by Crippen LogP contribution is -2.40. The van der Waals surface area contributed by atoms with E-state index in [2.05, 4.69) is 10.1 Å². The lowest BCUT2D eigenvalue weighted by molar-refractivity contribution is 0.0748. The molecule has 1 amide bonds. The van der Waals surface area contributed by atoms with Gasteiger partial charge in [0.25, 0.3) is 5.91 Å². The Morgan fingerprint density at radius 1 is 1.19 bits per heavy atom. The average Bonchev–Trinajstić information content (AvgIpc) is 3.12. The van der Waals surface area contributed by atoms with Crippen LogP contribution in [0.5, 0.6) is 5.88 Å². The first-order valence-electron chi connectivity index (χ1n) is 10.0. The maximum absolute atomic E-state index is 13.2. The Bertz CT molecular complexity index is 1260. The minimum Gasteiger partial charge on any atom is -0.473 e. The first kappa shape index (κ1) is 21.9. The van der Waals surface area contributed by atoms with E-state index in [0.29, 0.717) is 47.1 Å². The van der Waals surface area contributed by atoms with Gasteiger partial charge >= 0.3 is 0 Å². The fraction of sp³-hybridized carbons (Fsp3) is 0.318. The number of hydrogen-bond donors (Lipinski definition) is 0. The largest absolute Gasteiger partial charge is 0.473 e. The zero-order chi connectivity index (χ0) is 22.9. The van der Waals surface area contributed by atoms with Crippen LogP contribution in [0, 0.1) is 12.7 Å². The van der Waals surface area contributed by atoms with Crippen LogP contribution >= 0.6 is 0 Å². The third kappa shape index (κ3) is 4.80. The molecule has 0 atom stereocenters. The van der Waals surface area contributed by atoms with Gasteiger partial charge in [-0.25, -0.2) is 17.8 Å². The predicted molar refractivity (Wildman–Crippen MR) is 115 cm³/mol. The van der Waals surface area contributed by atoms with E-state index in [1.54, 1.807) is 31.2 Å². The molecule has 0 bridgehead atoms. The highest BCUT2D eigenvalue weighted by Crippen LogP contribution is 2.27. The fourth-order valence-electron chi connectivity index (χ4n) is 3.49. The molecule has 2 aromatic heterocycles. The summed E-state index contributed by atoms with van der Waals surface area (Å²) in [4.78, 5) is 18.7. The highest BCUT2D eigenvalue weighted by Gasteiger charge is 2.26. The molecule has 168 valence electrons. The van der Waals surface area contributed by atoms with Gasteiger partial charge in [-0.3, -0.25) is 4.79 Å². The lowest BCUT2D eigenvalue weighted by atomic mass is 10.0. The number of benzene rings is 1. The van der Waals surface area contributed by atoms with E-state index >= 15 is 0 Å². The summed E-state index contributed by atoms with van der Waals surface area (Å²) in [5, 5.41) is 4.06. The number of sulfone groups is 1. The van der Waals surface area contributed by atoms with Gasteiger partial charge in [0.05, 0.1) is 22.6 Å². The molecule has 1 aliphatic rings. The van der Waals surface area contributed by atoms with E-state index in [0.717, 1.165) is 11.8 Å². The summed E-state index contributed by atoms with van der Waals surface area (Å²) in [6, 6.07) is 9.20. The molecule has 8 nitrogen and oxygen atoms in total. The molecule has 0 saturated carbocycles. The highest BCUT2D eigenvalue weighted by molar-refractivity contribution is 7.90. The van der Waals surface area contributed by atoms with Crippen molar-refractivity contribution in [3.63, 3.8) is 0 Å². The van der Waals surface area contributed by atoms with Crippen molar-refractivity contribution in [3.8, 4) is 17.1 Å². The standard InChI is InChI=1S/C22H22FN3O5S/c1-14-18(21(25-31-14)15-3-5-16(23)6-4-15)13-30-20-8-7-17-19(24-20)9-10-26(22(17)27)11-12-32(2,28)29/h3-8H,9-13H2,1-2H3. The predicted octanol–water partition coefficient (Wildman–Crippen LogP) is 2.81. The van der Waals surface area contributed by atoms with Crippen LogP contribution in [0.1, 0.15) is 27.4 Å².